The summed E-state index contributed by atoms with van der Waals surface area (Å²) in [5.41, 5.74) is 2.86. The summed E-state index contributed by atoms with van der Waals surface area (Å²) in [6, 6.07) is 15.9. The molecular formula is C25H29NO2. The van der Waals surface area contributed by atoms with E-state index in [-0.39, 0.29) is 5.60 Å². The Morgan fingerprint density at radius 1 is 1.00 bits per heavy atom. The van der Waals surface area contributed by atoms with Crippen LogP contribution in [0.2, 0.25) is 0 Å². The van der Waals surface area contributed by atoms with Crippen LogP contribution in [0, 0.1) is 0 Å². The van der Waals surface area contributed by atoms with E-state index in [1.807, 2.05) is 94.5 Å². The van der Waals surface area contributed by atoms with Crippen molar-refractivity contribution in [2.45, 2.75) is 33.3 Å². The number of hydrogen-bond acceptors (Lipinski definition) is 3. The summed E-state index contributed by atoms with van der Waals surface area (Å²) in [5.74, 6) is 1.73. The second-order valence-corrected chi connectivity index (χ2v) is 7.24. The van der Waals surface area contributed by atoms with Crippen molar-refractivity contribution >= 4 is 17.9 Å². The first-order chi connectivity index (χ1) is 13.4. The van der Waals surface area contributed by atoms with Gasteiger partial charge in [-0.2, -0.15) is 0 Å². The summed E-state index contributed by atoms with van der Waals surface area (Å²) >= 11 is 0. The number of aliphatic imine (C=N–C) groups is 1. The average molecular weight is 376 g/mol. The van der Waals surface area contributed by atoms with Gasteiger partial charge in [0.05, 0.1) is 6.61 Å². The van der Waals surface area contributed by atoms with Gasteiger partial charge in [-0.25, -0.2) is 0 Å². The molecule has 0 spiro atoms. The van der Waals surface area contributed by atoms with Gasteiger partial charge in [-0.15, -0.1) is 0 Å². The minimum atomic E-state index is -0.191. The zero-order valence-corrected chi connectivity index (χ0v) is 17.2. The lowest BCUT2D eigenvalue weighted by atomic mass is 10.1. The highest BCUT2D eigenvalue weighted by Gasteiger charge is 2.10. The molecule has 0 bridgehead atoms. The first-order valence-electron chi connectivity index (χ1n) is 9.45. The molecule has 0 fully saturated rings. The maximum atomic E-state index is 5.81. The monoisotopic (exact) mass is 375 g/mol. The van der Waals surface area contributed by atoms with Crippen LogP contribution in [0.3, 0.4) is 0 Å². The molecule has 2 aromatic carbocycles. The fourth-order valence-electron chi connectivity index (χ4n) is 2.42. The van der Waals surface area contributed by atoms with Crippen LogP contribution in [-0.4, -0.2) is 18.4 Å². The van der Waals surface area contributed by atoms with Crippen molar-refractivity contribution in [1.29, 1.82) is 0 Å². The highest BCUT2D eigenvalue weighted by molar-refractivity contribution is 5.80. The maximum absolute atomic E-state index is 5.81. The van der Waals surface area contributed by atoms with Crippen molar-refractivity contribution in [3.05, 3.63) is 84.6 Å². The lowest BCUT2D eigenvalue weighted by Gasteiger charge is -2.21. The highest BCUT2D eigenvalue weighted by Crippen LogP contribution is 2.19. The molecule has 0 aromatic heterocycles. The molecule has 2 rings (SSSR count). The Hall–Kier alpha value is -3.07. The Bertz CT molecular complexity index is 836. The maximum Gasteiger partial charge on any atom is 0.120 e. The molecule has 0 radical (unpaired) electrons. The Kier molecular flexibility index (Phi) is 7.82. The molecule has 0 amide bonds. The molecular weight excluding hydrogens is 346 g/mol. The molecule has 0 aliphatic rings. The van der Waals surface area contributed by atoms with Crippen LogP contribution in [0.25, 0.3) is 11.6 Å². The zero-order valence-electron chi connectivity index (χ0n) is 17.2. The van der Waals surface area contributed by atoms with E-state index < -0.39 is 0 Å². The normalized spacial score (nSPS) is 12.1. The van der Waals surface area contributed by atoms with Crippen LogP contribution in [0.5, 0.6) is 11.5 Å². The molecule has 146 valence electrons. The molecule has 0 aliphatic heterocycles. The molecule has 0 heterocycles. The summed E-state index contributed by atoms with van der Waals surface area (Å²) in [6.07, 6.45) is 9.28. The van der Waals surface area contributed by atoms with Crippen LogP contribution < -0.4 is 9.47 Å². The van der Waals surface area contributed by atoms with Crippen molar-refractivity contribution in [3.63, 3.8) is 0 Å². The molecule has 28 heavy (non-hydrogen) atoms. The van der Waals surface area contributed by atoms with Crippen LogP contribution in [0.15, 0.2) is 78.5 Å². The van der Waals surface area contributed by atoms with Crippen LogP contribution in [-0.2, 0) is 0 Å². The zero-order chi connectivity index (χ0) is 20.4. The lowest BCUT2D eigenvalue weighted by molar-refractivity contribution is 0.131. The smallest absolute Gasteiger partial charge is 0.120 e. The lowest BCUT2D eigenvalue weighted by Crippen LogP contribution is -2.22. The highest BCUT2D eigenvalue weighted by atomic mass is 16.5. The van der Waals surface area contributed by atoms with Crippen molar-refractivity contribution in [3.8, 4) is 11.5 Å². The van der Waals surface area contributed by atoms with Gasteiger partial charge < -0.3 is 9.47 Å². The SMILES string of the molecule is C=C(\C=C/C=N/C=C/c1ccc(OC(C)(C)C)cc1)c1ccc(OCC)cc1. The number of allylic oxidation sites excluding steroid dienone is 3. The van der Waals surface area contributed by atoms with Gasteiger partial charge in [0.15, 0.2) is 0 Å². The number of rotatable bonds is 8. The van der Waals surface area contributed by atoms with Gasteiger partial charge in [0, 0.05) is 12.4 Å². The summed E-state index contributed by atoms with van der Waals surface area (Å²) in [4.78, 5) is 4.27. The van der Waals surface area contributed by atoms with Crippen molar-refractivity contribution in [2.75, 3.05) is 6.61 Å². The van der Waals surface area contributed by atoms with Crippen molar-refractivity contribution in [2.24, 2.45) is 4.99 Å². The Morgan fingerprint density at radius 2 is 1.64 bits per heavy atom. The molecule has 0 saturated carbocycles. The Morgan fingerprint density at radius 3 is 2.25 bits per heavy atom. The van der Waals surface area contributed by atoms with Crippen LogP contribution >= 0.6 is 0 Å². The minimum Gasteiger partial charge on any atom is -0.494 e. The second kappa shape index (κ2) is 10.3. The van der Waals surface area contributed by atoms with Crippen LogP contribution in [0.4, 0.5) is 0 Å². The number of hydrogen-bond donors (Lipinski definition) is 0. The minimum absolute atomic E-state index is 0.191. The number of nitrogens with zero attached hydrogens (tertiary/aromatic N) is 1. The van der Waals surface area contributed by atoms with Crippen LogP contribution in [0.1, 0.15) is 38.8 Å². The van der Waals surface area contributed by atoms with E-state index in [1.54, 1.807) is 12.4 Å². The predicted molar refractivity (Wildman–Crippen MR) is 120 cm³/mol. The number of benzene rings is 2. The van der Waals surface area contributed by atoms with Crippen molar-refractivity contribution < 1.29 is 9.47 Å². The van der Waals surface area contributed by atoms with E-state index >= 15 is 0 Å². The predicted octanol–water partition coefficient (Wildman–Crippen LogP) is 6.57. The van der Waals surface area contributed by atoms with Gasteiger partial charge in [-0.05, 0) is 80.8 Å². The molecule has 3 nitrogen and oxygen atoms in total. The largest absolute Gasteiger partial charge is 0.494 e. The summed E-state index contributed by atoms with van der Waals surface area (Å²) < 4.78 is 11.3. The van der Waals surface area contributed by atoms with E-state index in [1.165, 1.54) is 0 Å². The van der Waals surface area contributed by atoms with Gasteiger partial charge in [0.25, 0.3) is 0 Å². The second-order valence-electron chi connectivity index (χ2n) is 7.24. The summed E-state index contributed by atoms with van der Waals surface area (Å²) in [5, 5.41) is 0. The standard InChI is InChI=1S/C25H29NO2/c1-6-27-23-15-11-22(12-16-23)20(2)8-7-18-26-19-17-21-9-13-24(14-10-21)28-25(3,4)5/h7-19H,2,6H2,1,3-5H3/b8-7-,19-17+,26-18+. The van der Waals surface area contributed by atoms with Gasteiger partial charge in [0.2, 0.25) is 0 Å². The molecule has 2 aromatic rings. The Labute approximate surface area is 168 Å². The average Bonchev–Trinajstić information content (AvgIpc) is 2.65. The molecule has 0 atom stereocenters. The van der Waals surface area contributed by atoms with E-state index in [9.17, 15) is 0 Å². The number of ether oxygens (including phenoxy) is 2. The van der Waals surface area contributed by atoms with Crippen molar-refractivity contribution in [1.82, 2.24) is 0 Å². The molecule has 0 N–H and O–H groups in total. The quantitative estimate of drug-likeness (QED) is 0.386. The summed E-state index contributed by atoms with van der Waals surface area (Å²) in [6.45, 7) is 12.8. The first-order valence-corrected chi connectivity index (χ1v) is 9.45. The summed E-state index contributed by atoms with van der Waals surface area (Å²) in [7, 11) is 0. The fourth-order valence-corrected chi connectivity index (χ4v) is 2.42. The third kappa shape index (κ3) is 7.67. The first kappa shape index (κ1) is 21.2. The molecule has 3 heteroatoms. The topological polar surface area (TPSA) is 30.8 Å². The Balaban J connectivity index is 1.84. The fraction of sp³-hybridized carbons (Fsp3) is 0.240. The molecule has 0 aliphatic carbocycles. The van der Waals surface area contributed by atoms with E-state index in [0.717, 1.165) is 28.2 Å². The van der Waals surface area contributed by atoms with E-state index in [4.69, 9.17) is 9.47 Å². The third-order valence-electron chi connectivity index (χ3n) is 3.66. The van der Waals surface area contributed by atoms with E-state index in [0.29, 0.717) is 6.61 Å². The molecule has 0 saturated heterocycles. The van der Waals surface area contributed by atoms with Gasteiger partial charge in [-0.1, -0.05) is 36.9 Å². The third-order valence-corrected chi connectivity index (χ3v) is 3.66. The van der Waals surface area contributed by atoms with E-state index in [2.05, 4.69) is 11.6 Å². The van der Waals surface area contributed by atoms with Gasteiger partial charge >= 0.3 is 0 Å². The van der Waals surface area contributed by atoms with Gasteiger partial charge in [0.1, 0.15) is 17.1 Å². The molecule has 0 unspecified atom stereocenters. The van der Waals surface area contributed by atoms with Gasteiger partial charge in [-0.3, -0.25) is 4.99 Å².